The van der Waals surface area contributed by atoms with Gasteiger partial charge in [0.2, 0.25) is 0 Å². The summed E-state index contributed by atoms with van der Waals surface area (Å²) in [5.74, 6) is 0. The van der Waals surface area contributed by atoms with Crippen LogP contribution in [-0.2, 0) is 20.0 Å². The topological polar surface area (TPSA) is 119 Å². The highest BCUT2D eigenvalue weighted by molar-refractivity contribution is 8.13. The van der Waals surface area contributed by atoms with Gasteiger partial charge in [0.25, 0.3) is 0 Å². The number of hydrogen-bond acceptors (Lipinski definition) is 7. The van der Waals surface area contributed by atoms with Crippen LogP contribution in [0.3, 0.4) is 0 Å². The maximum Gasteiger partial charge on any atom is 0.480 e. The summed E-state index contributed by atoms with van der Waals surface area (Å²) in [6.07, 6.45) is 3.86. The van der Waals surface area contributed by atoms with Crippen molar-refractivity contribution in [3.63, 3.8) is 0 Å². The molecule has 0 aliphatic carbocycles. The van der Waals surface area contributed by atoms with Gasteiger partial charge in [0.15, 0.2) is 20.0 Å². The molecule has 1 heterocycles. The Hall–Kier alpha value is -0.260. The van der Waals surface area contributed by atoms with E-state index in [-0.39, 0.29) is 19.6 Å². The number of rotatable bonds is 12. The van der Waals surface area contributed by atoms with E-state index in [1.807, 2.05) is 20.8 Å². The molecule has 0 aromatic carbocycles. The van der Waals surface area contributed by atoms with E-state index in [1.165, 1.54) is 0 Å². The molecule has 9 nitrogen and oxygen atoms in total. The van der Waals surface area contributed by atoms with Crippen LogP contribution in [0.15, 0.2) is 13.5 Å². The van der Waals surface area contributed by atoms with E-state index >= 15 is 4.20 Å². The molecule has 25 heteroatoms. The molecule has 1 aliphatic rings. The standard InChI is InChI=1S/C12H27F5N4P3.C2F6NO4S2/c1-4-7-10-21(11-8-5-2,12-9-6-3)24(17)19-22(13,14)18-23(15,16)20-24;3-1(4,5)14(10,11)9-15(12,13)2(6,7)8/h4-12H2,1-3H3;/q+1;-1. The summed E-state index contributed by atoms with van der Waals surface area (Å²) < 4.78 is 187. The van der Waals surface area contributed by atoms with Crippen LogP contribution in [0.4, 0.5) is 47.3 Å². The highest BCUT2D eigenvalue weighted by atomic mass is 32.3. The molecule has 1 unspecified atom stereocenters. The molecule has 236 valence electrons. The molecule has 0 bridgehead atoms. The smallest absolute Gasteiger partial charge is 0.421 e. The zero-order valence-electron chi connectivity index (χ0n) is 20.5. The summed E-state index contributed by atoms with van der Waals surface area (Å²) in [4.78, 5) is 0. The van der Waals surface area contributed by atoms with Gasteiger partial charge in [0.05, 0.1) is 19.6 Å². The van der Waals surface area contributed by atoms with Gasteiger partial charge in [-0.1, -0.05) is 40.0 Å². The molecule has 1 atom stereocenters. The van der Waals surface area contributed by atoms with Crippen LogP contribution in [0.5, 0.6) is 0 Å². The number of unbranched alkanes of at least 4 members (excludes halogenated alkanes) is 3. The Morgan fingerprint density at radius 2 is 0.923 bits per heavy atom. The van der Waals surface area contributed by atoms with E-state index in [9.17, 15) is 60.0 Å². The Bertz CT molecular complexity index is 1140. The molecule has 1 rings (SSSR count). The SMILES string of the molecule is CCCC[N+](CCCC)(CCCC)P1(F)=NP(F)(F)=NP(F)(F)=N1.O=S(=O)([N-]S(=O)(=O)C(F)(F)F)C(F)(F)F. The van der Waals surface area contributed by atoms with Gasteiger partial charge in [-0.3, -0.25) is 4.25 Å². The lowest BCUT2D eigenvalue weighted by molar-refractivity contribution is -0.815. The normalized spacial score (nSPS) is 21.6. The highest BCUT2D eigenvalue weighted by Crippen LogP contribution is 2.84. The Balaban J connectivity index is 0.000000830. The monoisotopic (exact) mass is 695 g/mol. The maximum atomic E-state index is 15.6. The fourth-order valence-corrected chi connectivity index (χ4v) is 11.8. The second-order valence-electron chi connectivity index (χ2n) is 7.92. The average molecular weight is 695 g/mol. The lowest BCUT2D eigenvalue weighted by Gasteiger charge is -2.41. The summed E-state index contributed by atoms with van der Waals surface area (Å²) >= 11 is 0. The first-order valence-electron chi connectivity index (χ1n) is 10.9. The minimum Gasteiger partial charge on any atom is -0.421 e. The number of hydrogen-bond donors (Lipinski definition) is 0. The van der Waals surface area contributed by atoms with Crippen LogP contribution >= 0.6 is 23.3 Å². The quantitative estimate of drug-likeness (QED) is 0.149. The van der Waals surface area contributed by atoms with Gasteiger partial charge in [-0.05, 0) is 19.3 Å². The van der Waals surface area contributed by atoms with Crippen LogP contribution in [0.25, 0.3) is 4.13 Å². The first-order valence-corrected chi connectivity index (χ1v) is 18.3. The van der Waals surface area contributed by atoms with Gasteiger partial charge >= 0.3 is 34.3 Å². The Morgan fingerprint density at radius 3 is 1.18 bits per heavy atom. The van der Waals surface area contributed by atoms with Gasteiger partial charge in [-0.25, -0.2) is 16.8 Å². The highest BCUT2D eigenvalue weighted by Gasteiger charge is 2.53. The van der Waals surface area contributed by atoms with Crippen LogP contribution < -0.4 is 0 Å². The first-order chi connectivity index (χ1) is 17.3. The minimum atomic E-state index is -6.72. The summed E-state index contributed by atoms with van der Waals surface area (Å²) in [6, 6.07) is 0. The first kappa shape index (κ1) is 38.7. The van der Waals surface area contributed by atoms with Crippen molar-refractivity contribution >= 4 is 43.4 Å². The number of quaternary nitrogens is 1. The van der Waals surface area contributed by atoms with Crippen LogP contribution in [-0.4, -0.2) is 51.7 Å². The molecule has 0 aromatic rings. The molecular formula is C14H27F11N5O4P3S2. The van der Waals surface area contributed by atoms with Gasteiger partial charge in [-0.15, -0.1) is 34.5 Å². The van der Waals surface area contributed by atoms with Crippen molar-refractivity contribution in [2.75, 3.05) is 19.6 Å². The minimum absolute atomic E-state index is 0.216. The Kier molecular flexibility index (Phi) is 13.7. The average Bonchev–Trinajstić information content (AvgIpc) is 2.68. The van der Waals surface area contributed by atoms with Gasteiger partial charge in [-0.2, -0.15) is 26.3 Å². The second kappa shape index (κ2) is 13.8. The van der Waals surface area contributed by atoms with Crippen LogP contribution in [0, 0.1) is 0 Å². The van der Waals surface area contributed by atoms with Crippen molar-refractivity contribution in [1.82, 2.24) is 0 Å². The molecule has 0 aromatic heterocycles. The Morgan fingerprint density at radius 1 is 0.615 bits per heavy atom. The fraction of sp³-hybridized carbons (Fsp3) is 1.00. The summed E-state index contributed by atoms with van der Waals surface area (Å²) in [6.45, 7) is 6.33. The molecule has 0 N–H and O–H groups in total. The van der Waals surface area contributed by atoms with E-state index < -0.39 is 58.6 Å². The Labute approximate surface area is 219 Å². The van der Waals surface area contributed by atoms with Gasteiger partial charge in [0.1, 0.15) is 0 Å². The predicted molar refractivity (Wildman–Crippen MR) is 126 cm³/mol. The fourth-order valence-electron chi connectivity index (χ4n) is 2.91. The van der Waals surface area contributed by atoms with E-state index in [0.29, 0.717) is 19.3 Å². The second-order valence-corrected chi connectivity index (χ2v) is 17.1. The number of alkyl halides is 6. The van der Waals surface area contributed by atoms with E-state index in [1.54, 1.807) is 0 Å². The molecule has 0 saturated heterocycles. The van der Waals surface area contributed by atoms with Crippen molar-refractivity contribution in [2.45, 2.75) is 70.3 Å². The lowest BCUT2D eigenvalue weighted by atomic mass is 10.2. The zero-order valence-corrected chi connectivity index (χ0v) is 24.9. The molecular weight excluding hydrogens is 668 g/mol. The predicted octanol–water partition coefficient (Wildman–Crippen LogP) is 9.96. The number of halogens is 11. The summed E-state index contributed by atoms with van der Waals surface area (Å²) in [5, 5.41) is 0. The zero-order chi connectivity index (χ0) is 31.2. The third kappa shape index (κ3) is 11.2. The van der Waals surface area contributed by atoms with E-state index in [2.05, 4.69) is 13.5 Å². The van der Waals surface area contributed by atoms with Crippen molar-refractivity contribution in [3.05, 3.63) is 4.13 Å². The largest absolute Gasteiger partial charge is 0.480 e. The number of nitrogens with zero attached hydrogens (tertiary/aromatic N) is 5. The van der Waals surface area contributed by atoms with E-state index in [4.69, 9.17) is 0 Å². The molecule has 0 spiro atoms. The van der Waals surface area contributed by atoms with Crippen LogP contribution in [0.1, 0.15) is 59.3 Å². The van der Waals surface area contributed by atoms with Crippen LogP contribution in [0.2, 0.25) is 0 Å². The molecule has 0 radical (unpaired) electrons. The van der Waals surface area contributed by atoms with Crippen molar-refractivity contribution in [3.8, 4) is 0 Å². The number of sulfonamides is 2. The maximum absolute atomic E-state index is 15.6. The summed E-state index contributed by atoms with van der Waals surface area (Å²) in [5.41, 5.74) is -12.4. The molecule has 39 heavy (non-hydrogen) atoms. The summed E-state index contributed by atoms with van der Waals surface area (Å²) in [7, 11) is -29.5. The van der Waals surface area contributed by atoms with E-state index in [0.717, 1.165) is 23.4 Å². The van der Waals surface area contributed by atoms with Crippen molar-refractivity contribution in [1.29, 1.82) is 0 Å². The third-order valence-electron chi connectivity index (χ3n) is 4.76. The lowest BCUT2D eigenvalue weighted by Crippen LogP contribution is -2.45. The van der Waals surface area contributed by atoms with Crippen molar-refractivity contribution < 1.29 is 68.4 Å². The van der Waals surface area contributed by atoms with Gasteiger partial charge in [0, 0.05) is 0 Å². The molecule has 0 fully saturated rings. The molecule has 1 aliphatic heterocycles. The van der Waals surface area contributed by atoms with Gasteiger partial charge < -0.3 is 4.13 Å². The molecule has 0 saturated carbocycles. The van der Waals surface area contributed by atoms with Crippen molar-refractivity contribution in [2.24, 2.45) is 13.5 Å². The third-order valence-corrected chi connectivity index (χ3v) is 14.4. The molecule has 0 amide bonds.